The number of fused-ring (bicyclic) bond motifs is 1. The fourth-order valence-electron chi connectivity index (χ4n) is 4.20. The van der Waals surface area contributed by atoms with Crippen LogP contribution in [0.1, 0.15) is 32.4 Å². The summed E-state index contributed by atoms with van der Waals surface area (Å²) in [5.74, 6) is -0.340. The number of methoxy groups -OCH3 is 1. The molecule has 8 heteroatoms. The quantitative estimate of drug-likeness (QED) is 0.438. The van der Waals surface area contributed by atoms with Gasteiger partial charge in [0.05, 0.1) is 12.6 Å². The molecule has 6 nitrogen and oxygen atoms in total. The molecule has 0 N–H and O–H groups in total. The molecule has 184 valence electrons. The highest BCUT2D eigenvalue weighted by molar-refractivity contribution is 7.10. The number of hydrogen-bond acceptors (Lipinski definition) is 5. The summed E-state index contributed by atoms with van der Waals surface area (Å²) in [5.41, 5.74) is 2.43. The summed E-state index contributed by atoms with van der Waals surface area (Å²) in [6.07, 6.45) is 0.760. The van der Waals surface area contributed by atoms with Gasteiger partial charge in [-0.1, -0.05) is 23.8 Å². The van der Waals surface area contributed by atoms with Crippen molar-refractivity contribution in [3.05, 3.63) is 87.4 Å². The first kappa shape index (κ1) is 24.9. The summed E-state index contributed by atoms with van der Waals surface area (Å²) in [4.78, 5) is 31.1. The molecule has 3 aromatic rings. The molecule has 4 rings (SSSR count). The Kier molecular flexibility index (Phi) is 8.15. The first-order valence-corrected chi connectivity index (χ1v) is 12.4. The van der Waals surface area contributed by atoms with Gasteiger partial charge in [0.1, 0.15) is 24.7 Å². The van der Waals surface area contributed by atoms with Gasteiger partial charge in [-0.25, -0.2) is 4.39 Å². The topological polar surface area (TPSA) is 59.1 Å². The summed E-state index contributed by atoms with van der Waals surface area (Å²) in [5, 5.41) is 2.04. The molecule has 35 heavy (non-hydrogen) atoms. The van der Waals surface area contributed by atoms with Crippen molar-refractivity contribution in [2.24, 2.45) is 0 Å². The zero-order chi connectivity index (χ0) is 24.8. The van der Waals surface area contributed by atoms with Gasteiger partial charge in [-0.3, -0.25) is 9.59 Å². The lowest BCUT2D eigenvalue weighted by Crippen LogP contribution is -2.48. The molecule has 1 unspecified atom stereocenters. The van der Waals surface area contributed by atoms with Gasteiger partial charge < -0.3 is 19.3 Å². The molecule has 2 heterocycles. The second kappa shape index (κ2) is 11.5. The van der Waals surface area contributed by atoms with Crippen molar-refractivity contribution in [3.63, 3.8) is 0 Å². The summed E-state index contributed by atoms with van der Waals surface area (Å²) in [6, 6.07) is 15.1. The number of carbonyl (C=O) groups is 2. The Morgan fingerprint density at radius 2 is 1.97 bits per heavy atom. The Hall–Kier alpha value is -3.23. The minimum absolute atomic E-state index is 0.126. The molecule has 2 amide bonds. The Balaban J connectivity index is 1.52. The lowest BCUT2D eigenvalue weighted by Gasteiger charge is -2.37. The average molecular weight is 497 g/mol. The van der Waals surface area contributed by atoms with Crippen LogP contribution in [0.4, 0.5) is 4.39 Å². The zero-order valence-electron chi connectivity index (χ0n) is 19.9. The van der Waals surface area contributed by atoms with Crippen molar-refractivity contribution < 1.29 is 23.5 Å². The number of rotatable bonds is 9. The molecule has 1 atom stereocenters. The predicted octanol–water partition coefficient (Wildman–Crippen LogP) is 4.49. The first-order chi connectivity index (χ1) is 17.0. The molecule has 1 aromatic heterocycles. The molecule has 0 saturated heterocycles. The van der Waals surface area contributed by atoms with E-state index in [1.165, 1.54) is 35.1 Å². The van der Waals surface area contributed by atoms with Crippen molar-refractivity contribution in [1.29, 1.82) is 0 Å². The van der Waals surface area contributed by atoms with Gasteiger partial charge in [0.15, 0.2) is 0 Å². The SMILES string of the molecule is COCCN(CC(=O)N1CCc2sccc2C1COc1ccc(C)cc1)C(=O)c1cccc(F)c1. The van der Waals surface area contributed by atoms with E-state index in [2.05, 4.69) is 0 Å². The molecule has 0 bridgehead atoms. The molecule has 0 saturated carbocycles. The van der Waals surface area contributed by atoms with Crippen molar-refractivity contribution in [1.82, 2.24) is 9.80 Å². The Bertz CT molecular complexity index is 1160. The van der Waals surface area contributed by atoms with Gasteiger partial charge in [0.2, 0.25) is 5.91 Å². The molecule has 1 aliphatic rings. The van der Waals surface area contributed by atoms with Gasteiger partial charge >= 0.3 is 0 Å². The number of carbonyl (C=O) groups excluding carboxylic acids is 2. The van der Waals surface area contributed by atoms with Crippen LogP contribution in [0.15, 0.2) is 60.0 Å². The highest BCUT2D eigenvalue weighted by atomic mass is 32.1. The van der Waals surface area contributed by atoms with Crippen LogP contribution in [0.25, 0.3) is 0 Å². The third-order valence-corrected chi connectivity index (χ3v) is 7.09. The standard InChI is InChI=1S/C27H29FN2O4S/c1-19-6-8-22(9-7-19)34-18-24-23-11-15-35-25(23)10-12-30(24)26(31)17-29(13-14-33-2)27(32)20-4-3-5-21(28)16-20/h3-9,11,15-16,24H,10,12-14,17-18H2,1-2H3. The van der Waals surface area contributed by atoms with E-state index in [4.69, 9.17) is 9.47 Å². The number of amides is 2. The summed E-state index contributed by atoms with van der Waals surface area (Å²) in [7, 11) is 1.54. The van der Waals surface area contributed by atoms with Gasteiger partial charge in [-0.2, -0.15) is 0 Å². The maximum atomic E-state index is 13.7. The van der Waals surface area contributed by atoms with Gasteiger partial charge in [-0.05, 0) is 60.7 Å². The molecular weight excluding hydrogens is 467 g/mol. The van der Waals surface area contributed by atoms with Gasteiger partial charge in [0, 0.05) is 30.6 Å². The van der Waals surface area contributed by atoms with E-state index in [9.17, 15) is 14.0 Å². The maximum Gasteiger partial charge on any atom is 0.254 e. The van der Waals surface area contributed by atoms with E-state index in [0.29, 0.717) is 13.2 Å². The van der Waals surface area contributed by atoms with Crippen molar-refractivity contribution in [3.8, 4) is 5.75 Å². The predicted molar refractivity (Wildman–Crippen MR) is 133 cm³/mol. The number of aryl methyl sites for hydroxylation is 1. The summed E-state index contributed by atoms with van der Waals surface area (Å²) >= 11 is 1.68. The third-order valence-electron chi connectivity index (χ3n) is 6.09. The zero-order valence-corrected chi connectivity index (χ0v) is 20.7. The molecule has 2 aromatic carbocycles. The van der Waals surface area contributed by atoms with E-state index in [-0.39, 0.29) is 37.2 Å². The average Bonchev–Trinajstić information content (AvgIpc) is 3.34. The second-order valence-corrected chi connectivity index (χ2v) is 9.51. The number of nitrogens with zero attached hydrogens (tertiary/aromatic N) is 2. The first-order valence-electron chi connectivity index (χ1n) is 11.5. The fourth-order valence-corrected chi connectivity index (χ4v) is 5.12. The van der Waals surface area contributed by atoms with Crippen molar-refractivity contribution in [2.45, 2.75) is 19.4 Å². The van der Waals surface area contributed by atoms with E-state index >= 15 is 0 Å². The van der Waals surface area contributed by atoms with Gasteiger partial charge in [0.25, 0.3) is 5.91 Å². The number of benzene rings is 2. The largest absolute Gasteiger partial charge is 0.491 e. The smallest absolute Gasteiger partial charge is 0.254 e. The molecule has 0 fully saturated rings. The minimum atomic E-state index is -0.497. The van der Waals surface area contributed by atoms with Crippen LogP contribution in [0.5, 0.6) is 5.75 Å². The van der Waals surface area contributed by atoms with Crippen LogP contribution in [0.2, 0.25) is 0 Å². The number of halogens is 1. The third kappa shape index (κ3) is 6.07. The highest BCUT2D eigenvalue weighted by Crippen LogP contribution is 2.34. The highest BCUT2D eigenvalue weighted by Gasteiger charge is 2.33. The maximum absolute atomic E-state index is 13.7. The van der Waals surface area contributed by atoms with E-state index in [1.54, 1.807) is 22.3 Å². The number of thiophene rings is 1. The van der Waals surface area contributed by atoms with E-state index in [1.807, 2.05) is 42.6 Å². The minimum Gasteiger partial charge on any atom is -0.491 e. The normalized spacial score (nSPS) is 14.9. The van der Waals surface area contributed by atoms with Crippen molar-refractivity contribution in [2.75, 3.05) is 40.0 Å². The van der Waals surface area contributed by atoms with Crippen LogP contribution in [0, 0.1) is 12.7 Å². The van der Waals surface area contributed by atoms with Crippen LogP contribution in [-0.4, -0.2) is 61.6 Å². The van der Waals surface area contributed by atoms with Crippen molar-refractivity contribution >= 4 is 23.2 Å². The monoisotopic (exact) mass is 496 g/mol. The number of ether oxygens (including phenoxy) is 2. The Morgan fingerprint density at radius 1 is 1.17 bits per heavy atom. The van der Waals surface area contributed by atoms with Crippen LogP contribution in [0.3, 0.4) is 0 Å². The summed E-state index contributed by atoms with van der Waals surface area (Å²) < 4.78 is 24.9. The molecule has 0 aliphatic carbocycles. The molecule has 1 aliphatic heterocycles. The number of hydrogen-bond donors (Lipinski definition) is 0. The Morgan fingerprint density at radius 3 is 2.71 bits per heavy atom. The Labute approximate surface area is 208 Å². The summed E-state index contributed by atoms with van der Waals surface area (Å²) in [6.45, 7) is 3.24. The van der Waals surface area contributed by atoms with Crippen LogP contribution < -0.4 is 4.74 Å². The molecule has 0 radical (unpaired) electrons. The van der Waals surface area contributed by atoms with E-state index in [0.717, 1.165) is 23.3 Å². The lowest BCUT2D eigenvalue weighted by molar-refractivity contribution is -0.135. The second-order valence-electron chi connectivity index (χ2n) is 8.51. The lowest BCUT2D eigenvalue weighted by atomic mass is 10.0. The molecule has 0 spiro atoms. The molecular formula is C27H29FN2O4S. The van der Waals surface area contributed by atoms with Gasteiger partial charge in [-0.15, -0.1) is 11.3 Å². The fraction of sp³-hybridized carbons (Fsp3) is 0.333. The van der Waals surface area contributed by atoms with Crippen LogP contribution in [-0.2, 0) is 16.0 Å². The van der Waals surface area contributed by atoms with Crippen LogP contribution >= 0.6 is 11.3 Å². The van der Waals surface area contributed by atoms with E-state index < -0.39 is 11.7 Å².